The first-order chi connectivity index (χ1) is 14.9. The van der Waals surface area contributed by atoms with Gasteiger partial charge in [0.25, 0.3) is 0 Å². The molecule has 1 fully saturated rings. The van der Waals surface area contributed by atoms with Gasteiger partial charge in [-0.1, -0.05) is 6.07 Å². The van der Waals surface area contributed by atoms with Gasteiger partial charge in [-0.05, 0) is 37.1 Å². The van der Waals surface area contributed by atoms with Crippen LogP contribution in [0.25, 0.3) is 16.9 Å². The van der Waals surface area contributed by atoms with Crippen LogP contribution in [0.3, 0.4) is 0 Å². The van der Waals surface area contributed by atoms with Crippen molar-refractivity contribution in [1.29, 1.82) is 0 Å². The SMILES string of the molecule is COc1ccc(-c2ccc3c(c2)COC3=O)n2nc(C3(COC(=O)N(C)C)CC3)nc12. The molecule has 2 aliphatic rings. The lowest BCUT2D eigenvalue weighted by atomic mass is 10.0. The Kier molecular flexibility index (Phi) is 4.35. The molecule has 0 bridgehead atoms. The van der Waals surface area contributed by atoms with Crippen molar-refractivity contribution in [3.8, 4) is 17.0 Å². The number of hydrogen-bond acceptors (Lipinski definition) is 7. The molecule has 1 aliphatic carbocycles. The smallest absolute Gasteiger partial charge is 0.409 e. The Labute approximate surface area is 178 Å². The number of hydrogen-bond donors (Lipinski definition) is 0. The number of carbonyl (C=O) groups is 2. The van der Waals surface area contributed by atoms with E-state index >= 15 is 0 Å². The fourth-order valence-electron chi connectivity index (χ4n) is 3.75. The van der Waals surface area contributed by atoms with Gasteiger partial charge in [0.15, 0.2) is 17.2 Å². The molecule has 0 N–H and O–H groups in total. The van der Waals surface area contributed by atoms with Crippen LogP contribution in [-0.4, -0.2) is 59.4 Å². The van der Waals surface area contributed by atoms with Crippen LogP contribution < -0.4 is 4.74 Å². The summed E-state index contributed by atoms with van der Waals surface area (Å²) < 4.78 is 17.8. The van der Waals surface area contributed by atoms with Gasteiger partial charge >= 0.3 is 12.1 Å². The molecule has 31 heavy (non-hydrogen) atoms. The lowest BCUT2D eigenvalue weighted by Gasteiger charge is -2.15. The zero-order valence-electron chi connectivity index (χ0n) is 17.5. The molecule has 2 aromatic heterocycles. The Balaban J connectivity index is 1.55. The van der Waals surface area contributed by atoms with E-state index in [2.05, 4.69) is 0 Å². The van der Waals surface area contributed by atoms with Gasteiger partial charge in [-0.2, -0.15) is 0 Å². The first-order valence-electron chi connectivity index (χ1n) is 10.0. The van der Waals surface area contributed by atoms with Gasteiger partial charge < -0.3 is 19.1 Å². The minimum Gasteiger partial charge on any atom is -0.493 e. The Morgan fingerprint density at radius 1 is 1.26 bits per heavy atom. The third kappa shape index (κ3) is 3.17. The minimum absolute atomic E-state index is 0.233. The molecule has 0 spiro atoms. The van der Waals surface area contributed by atoms with Crippen LogP contribution in [-0.2, 0) is 21.5 Å². The largest absolute Gasteiger partial charge is 0.493 e. The van der Waals surface area contributed by atoms with Crippen LogP contribution in [0.1, 0.15) is 34.6 Å². The number of rotatable bonds is 5. The van der Waals surface area contributed by atoms with Gasteiger partial charge in [-0.15, -0.1) is 5.10 Å². The summed E-state index contributed by atoms with van der Waals surface area (Å²) in [6, 6.07) is 9.35. The number of aromatic nitrogens is 3. The van der Waals surface area contributed by atoms with Crippen LogP contribution in [0.4, 0.5) is 4.79 Å². The minimum atomic E-state index is -0.386. The van der Waals surface area contributed by atoms with Crippen LogP contribution in [0.15, 0.2) is 30.3 Å². The number of cyclic esters (lactones) is 1. The second-order valence-electron chi connectivity index (χ2n) is 8.14. The van der Waals surface area contributed by atoms with E-state index in [0.29, 0.717) is 22.8 Å². The van der Waals surface area contributed by atoms with E-state index in [1.54, 1.807) is 31.8 Å². The number of methoxy groups -OCH3 is 1. The van der Waals surface area contributed by atoms with Gasteiger partial charge in [0.2, 0.25) is 0 Å². The number of fused-ring (bicyclic) bond motifs is 2. The van der Waals surface area contributed by atoms with Gasteiger partial charge in [0.1, 0.15) is 13.2 Å². The van der Waals surface area contributed by atoms with Crippen LogP contribution in [0.5, 0.6) is 5.75 Å². The molecule has 1 amide bonds. The fraction of sp³-hybridized carbons (Fsp3) is 0.364. The molecule has 1 aliphatic heterocycles. The fourth-order valence-corrected chi connectivity index (χ4v) is 3.75. The van der Waals surface area contributed by atoms with Crippen molar-refractivity contribution < 1.29 is 23.8 Å². The van der Waals surface area contributed by atoms with E-state index in [4.69, 9.17) is 24.3 Å². The van der Waals surface area contributed by atoms with Crippen molar-refractivity contribution >= 4 is 17.7 Å². The number of ether oxygens (including phenoxy) is 3. The van der Waals surface area contributed by atoms with Gasteiger partial charge in [0, 0.05) is 25.2 Å². The summed E-state index contributed by atoms with van der Waals surface area (Å²) in [4.78, 5) is 29.8. The molecule has 1 saturated carbocycles. The molecule has 5 rings (SSSR count). The number of esters is 1. The molecule has 0 saturated heterocycles. The lowest BCUT2D eigenvalue weighted by molar-refractivity contribution is 0.0535. The molecule has 0 radical (unpaired) electrons. The van der Waals surface area contributed by atoms with E-state index in [9.17, 15) is 9.59 Å². The molecule has 9 nitrogen and oxygen atoms in total. The van der Waals surface area contributed by atoms with Crippen LogP contribution in [0, 0.1) is 0 Å². The number of benzene rings is 1. The summed E-state index contributed by atoms with van der Waals surface area (Å²) >= 11 is 0. The number of carbonyl (C=O) groups excluding carboxylic acids is 2. The van der Waals surface area contributed by atoms with E-state index in [-0.39, 0.29) is 30.7 Å². The monoisotopic (exact) mass is 422 g/mol. The van der Waals surface area contributed by atoms with E-state index < -0.39 is 0 Å². The maximum Gasteiger partial charge on any atom is 0.409 e. The Morgan fingerprint density at radius 3 is 2.77 bits per heavy atom. The molecule has 3 heterocycles. The van der Waals surface area contributed by atoms with E-state index in [1.165, 1.54) is 4.90 Å². The van der Waals surface area contributed by atoms with Gasteiger partial charge in [-0.3, -0.25) is 0 Å². The van der Waals surface area contributed by atoms with E-state index in [0.717, 1.165) is 29.7 Å². The predicted molar refractivity (Wildman–Crippen MR) is 110 cm³/mol. The topological polar surface area (TPSA) is 95.3 Å². The van der Waals surface area contributed by atoms with E-state index in [1.807, 2.05) is 24.3 Å². The maximum absolute atomic E-state index is 11.9. The Hall–Kier alpha value is -3.62. The summed E-state index contributed by atoms with van der Waals surface area (Å²) in [5.74, 6) is 0.931. The summed E-state index contributed by atoms with van der Waals surface area (Å²) in [5.41, 5.74) is 3.36. The third-order valence-corrected chi connectivity index (χ3v) is 5.81. The van der Waals surface area contributed by atoms with Crippen molar-refractivity contribution in [3.63, 3.8) is 0 Å². The first-order valence-corrected chi connectivity index (χ1v) is 10.0. The van der Waals surface area contributed by atoms with Crippen LogP contribution in [0.2, 0.25) is 0 Å². The molecule has 0 atom stereocenters. The van der Waals surface area contributed by atoms with Crippen molar-refractivity contribution in [1.82, 2.24) is 19.5 Å². The third-order valence-electron chi connectivity index (χ3n) is 5.81. The zero-order valence-corrected chi connectivity index (χ0v) is 17.5. The molecular formula is C22H22N4O5. The molecular weight excluding hydrogens is 400 g/mol. The summed E-state index contributed by atoms with van der Waals surface area (Å²) in [7, 11) is 4.89. The Bertz CT molecular complexity index is 1210. The highest BCUT2D eigenvalue weighted by Crippen LogP contribution is 2.47. The molecule has 1 aromatic carbocycles. The summed E-state index contributed by atoms with van der Waals surface area (Å²) in [6.45, 7) is 0.501. The number of amides is 1. The maximum atomic E-state index is 11.9. The molecule has 0 unspecified atom stereocenters. The van der Waals surface area contributed by atoms with Gasteiger partial charge in [-0.25, -0.2) is 19.1 Å². The second kappa shape index (κ2) is 6.97. The standard InChI is InChI=1S/C22H22N4O5/c1-25(2)21(28)31-12-22(8-9-22)20-23-18-17(29-3)7-6-16(26(18)24-20)13-4-5-15-14(10-13)11-30-19(15)27/h4-7,10H,8-9,11-12H2,1-3H3. The molecule has 9 heteroatoms. The zero-order chi connectivity index (χ0) is 21.8. The van der Waals surface area contributed by atoms with Crippen molar-refractivity contribution in [3.05, 3.63) is 47.3 Å². The van der Waals surface area contributed by atoms with Crippen molar-refractivity contribution in [2.75, 3.05) is 27.8 Å². The van der Waals surface area contributed by atoms with Gasteiger partial charge in [0.05, 0.1) is 23.8 Å². The summed E-state index contributed by atoms with van der Waals surface area (Å²) in [6.07, 6.45) is 1.31. The number of nitrogens with zero attached hydrogens (tertiary/aromatic N) is 4. The van der Waals surface area contributed by atoms with Crippen molar-refractivity contribution in [2.24, 2.45) is 0 Å². The van der Waals surface area contributed by atoms with Crippen LogP contribution >= 0.6 is 0 Å². The predicted octanol–water partition coefficient (Wildman–Crippen LogP) is 2.81. The normalized spacial score (nSPS) is 16.0. The summed E-state index contributed by atoms with van der Waals surface area (Å²) in [5, 5.41) is 4.79. The quantitative estimate of drug-likeness (QED) is 0.584. The highest BCUT2D eigenvalue weighted by molar-refractivity contribution is 5.94. The average Bonchev–Trinajstić information content (AvgIpc) is 3.27. The molecule has 160 valence electrons. The highest BCUT2D eigenvalue weighted by atomic mass is 16.6. The lowest BCUT2D eigenvalue weighted by Crippen LogP contribution is -2.27. The average molecular weight is 422 g/mol. The number of pyridine rings is 1. The second-order valence-corrected chi connectivity index (χ2v) is 8.14. The van der Waals surface area contributed by atoms with Crippen molar-refractivity contribution in [2.45, 2.75) is 24.9 Å². The first kappa shape index (κ1) is 19.3. The highest BCUT2D eigenvalue weighted by Gasteiger charge is 2.49. The Morgan fingerprint density at radius 2 is 2.06 bits per heavy atom. The molecule has 3 aromatic rings.